The van der Waals surface area contributed by atoms with Gasteiger partial charge in [-0.25, -0.2) is 9.40 Å². The summed E-state index contributed by atoms with van der Waals surface area (Å²) in [7, 11) is 0. The minimum absolute atomic E-state index is 0.00725. The average Bonchev–Trinajstić information content (AvgIpc) is 3.05. The molecule has 3 aromatic rings. The molecule has 1 saturated heterocycles. The number of thiocarbonyl (C=S) groups is 1. The van der Waals surface area contributed by atoms with Crippen molar-refractivity contribution in [1.29, 1.82) is 0 Å². The fourth-order valence-corrected chi connectivity index (χ4v) is 4.05. The van der Waals surface area contributed by atoms with Gasteiger partial charge in [-0.2, -0.15) is 0 Å². The zero-order chi connectivity index (χ0) is 24.9. The van der Waals surface area contributed by atoms with Crippen molar-refractivity contribution in [3.8, 4) is 0 Å². The van der Waals surface area contributed by atoms with Crippen LogP contribution in [-0.4, -0.2) is 38.8 Å². The van der Waals surface area contributed by atoms with Crippen LogP contribution < -0.4 is 10.7 Å². The van der Waals surface area contributed by atoms with Crippen LogP contribution >= 0.6 is 23.8 Å². The van der Waals surface area contributed by atoms with E-state index in [4.69, 9.17) is 23.8 Å². The number of halogens is 2. The molecule has 0 aromatic heterocycles. The third-order valence-electron chi connectivity index (χ3n) is 5.33. The SMILES string of the molecule is O=C(C[C@@H]1C(=O)N(Cc2ccccc2)C(=S)N1NC(=O)c1ccccc1F)Nc1ccc(Cl)cc1. The number of nitrogens with one attached hydrogen (secondary N) is 2. The minimum Gasteiger partial charge on any atom is -0.326 e. The molecule has 0 bridgehead atoms. The van der Waals surface area contributed by atoms with E-state index in [1.165, 1.54) is 23.1 Å². The van der Waals surface area contributed by atoms with E-state index in [1.807, 2.05) is 30.3 Å². The Balaban J connectivity index is 1.56. The topological polar surface area (TPSA) is 81.8 Å². The number of hydrazine groups is 1. The third-order valence-corrected chi connectivity index (χ3v) is 6.00. The van der Waals surface area contributed by atoms with E-state index in [-0.39, 0.29) is 23.6 Å². The fourth-order valence-electron chi connectivity index (χ4n) is 3.60. The number of hydrogen-bond donors (Lipinski definition) is 2. The smallest absolute Gasteiger partial charge is 0.272 e. The van der Waals surface area contributed by atoms with Crippen LogP contribution in [0.5, 0.6) is 0 Å². The first-order valence-corrected chi connectivity index (χ1v) is 11.4. The predicted octanol–water partition coefficient (Wildman–Crippen LogP) is 4.15. The second-order valence-electron chi connectivity index (χ2n) is 7.76. The van der Waals surface area contributed by atoms with Gasteiger partial charge < -0.3 is 5.32 Å². The molecule has 178 valence electrons. The molecule has 3 aromatic carbocycles. The molecule has 4 rings (SSSR count). The van der Waals surface area contributed by atoms with E-state index in [2.05, 4.69) is 10.7 Å². The van der Waals surface area contributed by atoms with Crippen LogP contribution in [0.3, 0.4) is 0 Å². The lowest BCUT2D eigenvalue weighted by Gasteiger charge is -2.24. The Labute approximate surface area is 211 Å². The normalized spacial score (nSPS) is 15.3. The van der Waals surface area contributed by atoms with E-state index in [0.29, 0.717) is 10.7 Å². The lowest BCUT2D eigenvalue weighted by molar-refractivity contribution is -0.131. The number of nitrogens with zero attached hydrogens (tertiary/aromatic N) is 2. The lowest BCUT2D eigenvalue weighted by atomic mass is 10.1. The summed E-state index contributed by atoms with van der Waals surface area (Å²) in [5.74, 6) is -2.44. The van der Waals surface area contributed by atoms with Crippen molar-refractivity contribution >= 4 is 52.3 Å². The molecule has 10 heteroatoms. The molecule has 1 aliphatic rings. The quantitative estimate of drug-likeness (QED) is 0.467. The Hall–Kier alpha value is -3.82. The summed E-state index contributed by atoms with van der Waals surface area (Å²) in [6.45, 7) is 0.153. The molecular weight excluding hydrogens is 491 g/mol. The van der Waals surface area contributed by atoms with Gasteiger partial charge in [-0.15, -0.1) is 0 Å². The van der Waals surface area contributed by atoms with Crippen molar-refractivity contribution in [2.75, 3.05) is 5.32 Å². The van der Waals surface area contributed by atoms with Gasteiger partial charge in [-0.1, -0.05) is 54.1 Å². The Bertz CT molecular complexity index is 1270. The average molecular weight is 511 g/mol. The fraction of sp³-hybridized carbons (Fsp3) is 0.120. The maximum absolute atomic E-state index is 14.2. The van der Waals surface area contributed by atoms with Crippen LogP contribution in [0.1, 0.15) is 22.3 Å². The van der Waals surface area contributed by atoms with Gasteiger partial charge in [0.25, 0.3) is 11.8 Å². The molecule has 0 radical (unpaired) electrons. The van der Waals surface area contributed by atoms with E-state index >= 15 is 0 Å². The monoisotopic (exact) mass is 510 g/mol. The summed E-state index contributed by atoms with van der Waals surface area (Å²) in [5, 5.41) is 4.37. The van der Waals surface area contributed by atoms with Crippen molar-refractivity contribution in [3.05, 3.63) is 101 Å². The van der Waals surface area contributed by atoms with Gasteiger partial charge in [0.05, 0.1) is 18.5 Å². The summed E-state index contributed by atoms with van der Waals surface area (Å²) in [5.41, 5.74) is 3.61. The first kappa shape index (κ1) is 24.3. The first-order valence-electron chi connectivity index (χ1n) is 10.6. The van der Waals surface area contributed by atoms with Crippen LogP contribution in [0, 0.1) is 5.82 Å². The number of anilines is 1. The van der Waals surface area contributed by atoms with Crippen LogP contribution in [0.4, 0.5) is 10.1 Å². The van der Waals surface area contributed by atoms with E-state index in [0.717, 1.165) is 16.6 Å². The zero-order valence-corrected chi connectivity index (χ0v) is 19.9. The van der Waals surface area contributed by atoms with Gasteiger partial charge in [-0.05, 0) is 54.2 Å². The summed E-state index contributed by atoms with van der Waals surface area (Å²) in [6.07, 6.45) is -0.301. The molecule has 0 spiro atoms. The van der Waals surface area contributed by atoms with Crippen LogP contribution in [0.15, 0.2) is 78.9 Å². The first-order chi connectivity index (χ1) is 16.8. The Kier molecular flexibility index (Phi) is 7.38. The van der Waals surface area contributed by atoms with Crippen LogP contribution in [0.2, 0.25) is 5.02 Å². The van der Waals surface area contributed by atoms with Gasteiger partial charge >= 0.3 is 0 Å². The van der Waals surface area contributed by atoms with Crippen molar-refractivity contribution in [3.63, 3.8) is 0 Å². The molecule has 3 amide bonds. The number of carbonyl (C=O) groups is 3. The van der Waals surface area contributed by atoms with Gasteiger partial charge in [-0.3, -0.25) is 24.7 Å². The molecule has 1 fully saturated rings. The highest BCUT2D eigenvalue weighted by atomic mass is 35.5. The molecule has 35 heavy (non-hydrogen) atoms. The second kappa shape index (κ2) is 10.6. The number of rotatable bonds is 7. The Morgan fingerprint density at radius 3 is 2.31 bits per heavy atom. The maximum atomic E-state index is 14.2. The molecule has 1 heterocycles. The van der Waals surface area contributed by atoms with Crippen LogP contribution in [-0.2, 0) is 16.1 Å². The summed E-state index contributed by atoms with van der Waals surface area (Å²) < 4.78 is 14.2. The van der Waals surface area contributed by atoms with Crippen molar-refractivity contribution in [1.82, 2.24) is 15.3 Å². The molecule has 1 aliphatic heterocycles. The number of carbonyl (C=O) groups excluding carboxylic acids is 3. The van der Waals surface area contributed by atoms with E-state index in [9.17, 15) is 18.8 Å². The van der Waals surface area contributed by atoms with Gasteiger partial charge in [0.1, 0.15) is 11.9 Å². The second-order valence-corrected chi connectivity index (χ2v) is 8.56. The third kappa shape index (κ3) is 5.64. The summed E-state index contributed by atoms with van der Waals surface area (Å²) >= 11 is 11.4. The van der Waals surface area contributed by atoms with E-state index in [1.54, 1.807) is 24.3 Å². The largest absolute Gasteiger partial charge is 0.326 e. The molecule has 0 aliphatic carbocycles. The Morgan fingerprint density at radius 1 is 0.971 bits per heavy atom. The highest BCUT2D eigenvalue weighted by molar-refractivity contribution is 7.80. The maximum Gasteiger partial charge on any atom is 0.272 e. The van der Waals surface area contributed by atoms with Gasteiger partial charge in [0, 0.05) is 10.7 Å². The molecule has 2 N–H and O–H groups in total. The zero-order valence-electron chi connectivity index (χ0n) is 18.3. The molecule has 7 nitrogen and oxygen atoms in total. The standard InChI is InChI=1S/C25H20ClFN4O3S/c26-17-10-12-18(13-11-17)28-22(32)14-21-24(34)30(15-16-6-2-1-3-7-16)25(35)31(21)29-23(33)19-8-4-5-9-20(19)27/h1-13,21H,14-15H2,(H,28,32)(H,29,33)/t21-/m1/s1. The van der Waals surface area contributed by atoms with Crippen LogP contribution in [0.25, 0.3) is 0 Å². The van der Waals surface area contributed by atoms with Crippen molar-refractivity contribution in [2.45, 2.75) is 19.0 Å². The number of amides is 3. The summed E-state index contributed by atoms with van der Waals surface area (Å²) in [6, 6.07) is 20.0. The minimum atomic E-state index is -1.12. The molecule has 0 unspecified atom stereocenters. The molecule has 1 atom stereocenters. The lowest BCUT2D eigenvalue weighted by Crippen LogP contribution is -2.49. The van der Waals surface area contributed by atoms with Gasteiger partial charge in [0.15, 0.2) is 5.11 Å². The van der Waals surface area contributed by atoms with Crippen molar-refractivity contribution in [2.24, 2.45) is 0 Å². The van der Waals surface area contributed by atoms with Gasteiger partial charge in [0.2, 0.25) is 5.91 Å². The van der Waals surface area contributed by atoms with E-state index < -0.39 is 29.6 Å². The molecule has 0 saturated carbocycles. The van der Waals surface area contributed by atoms with Crippen molar-refractivity contribution < 1.29 is 18.8 Å². The summed E-state index contributed by atoms with van der Waals surface area (Å²) in [4.78, 5) is 40.2. The Morgan fingerprint density at radius 2 is 1.63 bits per heavy atom. The predicted molar refractivity (Wildman–Crippen MR) is 134 cm³/mol. The number of benzene rings is 3. The molecular formula is C25H20ClFN4O3S. The highest BCUT2D eigenvalue weighted by Gasteiger charge is 2.44. The highest BCUT2D eigenvalue weighted by Crippen LogP contribution is 2.23. The number of hydrogen-bond acceptors (Lipinski definition) is 4.